The Labute approximate surface area is 83.8 Å². The van der Waals surface area contributed by atoms with Crippen LogP contribution in [0.25, 0.3) is 0 Å². The molecule has 0 fully saturated rings. The SMILES string of the molecule is COC(=O)C[C@@H](C)NC(=O)[C@H](C)OC. The highest BCUT2D eigenvalue weighted by Crippen LogP contribution is 1.95. The molecule has 1 amide bonds. The van der Waals surface area contributed by atoms with E-state index in [4.69, 9.17) is 4.74 Å². The summed E-state index contributed by atoms with van der Waals surface area (Å²) in [5, 5.41) is 2.63. The van der Waals surface area contributed by atoms with Crippen LogP contribution in [0.2, 0.25) is 0 Å². The molecule has 0 saturated heterocycles. The monoisotopic (exact) mass is 203 g/mol. The Balaban J connectivity index is 3.88. The second-order valence-corrected chi connectivity index (χ2v) is 3.07. The molecule has 14 heavy (non-hydrogen) atoms. The van der Waals surface area contributed by atoms with Gasteiger partial charge in [-0.25, -0.2) is 0 Å². The molecule has 0 radical (unpaired) electrons. The largest absolute Gasteiger partial charge is 0.469 e. The van der Waals surface area contributed by atoms with Gasteiger partial charge in [0.25, 0.3) is 0 Å². The van der Waals surface area contributed by atoms with Crippen molar-refractivity contribution in [2.24, 2.45) is 0 Å². The Morgan fingerprint density at radius 2 is 1.86 bits per heavy atom. The van der Waals surface area contributed by atoms with Crippen LogP contribution in [-0.2, 0) is 19.1 Å². The van der Waals surface area contributed by atoms with Crippen molar-refractivity contribution in [3.8, 4) is 0 Å². The van der Waals surface area contributed by atoms with Crippen molar-refractivity contribution in [3.63, 3.8) is 0 Å². The molecule has 82 valence electrons. The van der Waals surface area contributed by atoms with E-state index in [0.717, 1.165) is 0 Å². The van der Waals surface area contributed by atoms with Gasteiger partial charge in [0.15, 0.2) is 0 Å². The molecule has 0 heterocycles. The zero-order valence-corrected chi connectivity index (χ0v) is 8.99. The number of ether oxygens (including phenoxy) is 2. The Hall–Kier alpha value is -1.10. The smallest absolute Gasteiger partial charge is 0.307 e. The molecule has 5 heteroatoms. The van der Waals surface area contributed by atoms with Crippen LogP contribution in [0.5, 0.6) is 0 Å². The van der Waals surface area contributed by atoms with Crippen molar-refractivity contribution >= 4 is 11.9 Å². The first-order valence-corrected chi connectivity index (χ1v) is 4.41. The number of hydrogen-bond donors (Lipinski definition) is 1. The standard InChI is InChI=1S/C9H17NO4/c1-6(5-8(11)14-4)10-9(12)7(2)13-3/h6-7H,5H2,1-4H3,(H,10,12)/t6-,7+/m1/s1. The van der Waals surface area contributed by atoms with Crippen molar-refractivity contribution in [1.29, 1.82) is 0 Å². The second-order valence-electron chi connectivity index (χ2n) is 3.07. The summed E-state index contributed by atoms with van der Waals surface area (Å²) in [5.74, 6) is -0.577. The average molecular weight is 203 g/mol. The van der Waals surface area contributed by atoms with Crippen molar-refractivity contribution in [2.45, 2.75) is 32.4 Å². The lowest BCUT2D eigenvalue weighted by Crippen LogP contribution is -2.40. The summed E-state index contributed by atoms with van der Waals surface area (Å²) in [4.78, 5) is 22.1. The fourth-order valence-electron chi connectivity index (χ4n) is 0.852. The molecule has 0 aliphatic heterocycles. The van der Waals surface area contributed by atoms with Gasteiger partial charge < -0.3 is 14.8 Å². The summed E-state index contributed by atoms with van der Waals surface area (Å²) >= 11 is 0. The Bertz CT molecular complexity index is 205. The number of amides is 1. The molecule has 0 aromatic heterocycles. The topological polar surface area (TPSA) is 64.6 Å². The lowest BCUT2D eigenvalue weighted by molar-refractivity contribution is -0.141. The average Bonchev–Trinajstić information content (AvgIpc) is 2.15. The first-order chi connectivity index (χ1) is 6.51. The molecule has 0 aliphatic carbocycles. The fraction of sp³-hybridized carbons (Fsp3) is 0.778. The van der Waals surface area contributed by atoms with E-state index in [-0.39, 0.29) is 24.3 Å². The Morgan fingerprint density at radius 3 is 2.29 bits per heavy atom. The summed E-state index contributed by atoms with van der Waals surface area (Å²) in [5.41, 5.74) is 0. The predicted octanol–water partition coefficient (Wildman–Crippen LogP) is 0.0891. The van der Waals surface area contributed by atoms with Crippen LogP contribution in [-0.4, -0.2) is 38.2 Å². The lowest BCUT2D eigenvalue weighted by atomic mass is 10.2. The van der Waals surface area contributed by atoms with Crippen molar-refractivity contribution in [3.05, 3.63) is 0 Å². The first kappa shape index (κ1) is 12.9. The zero-order valence-electron chi connectivity index (χ0n) is 8.99. The number of nitrogens with one attached hydrogen (secondary N) is 1. The van der Waals surface area contributed by atoms with E-state index in [9.17, 15) is 9.59 Å². The van der Waals surface area contributed by atoms with Gasteiger partial charge in [-0.05, 0) is 13.8 Å². The molecule has 0 unspecified atom stereocenters. The number of esters is 1. The summed E-state index contributed by atoms with van der Waals surface area (Å²) in [6, 6.07) is -0.243. The molecule has 2 atom stereocenters. The van der Waals surface area contributed by atoms with Crippen LogP contribution in [0.4, 0.5) is 0 Å². The van der Waals surface area contributed by atoms with Crippen LogP contribution < -0.4 is 5.32 Å². The summed E-state index contributed by atoms with van der Waals surface area (Å²) in [6.07, 6.45) is -0.339. The molecule has 0 spiro atoms. The molecule has 0 aliphatic rings. The predicted molar refractivity (Wildman–Crippen MR) is 50.7 cm³/mol. The number of hydrogen-bond acceptors (Lipinski definition) is 4. The maximum atomic E-state index is 11.3. The summed E-state index contributed by atoms with van der Waals surface area (Å²) in [7, 11) is 2.77. The molecule has 0 bridgehead atoms. The molecular formula is C9H17NO4. The van der Waals surface area contributed by atoms with Gasteiger partial charge in [-0.15, -0.1) is 0 Å². The number of carbonyl (C=O) groups excluding carboxylic acids is 2. The number of carbonyl (C=O) groups is 2. The zero-order chi connectivity index (χ0) is 11.1. The maximum absolute atomic E-state index is 11.3. The van der Waals surface area contributed by atoms with E-state index in [2.05, 4.69) is 10.1 Å². The molecule has 1 N–H and O–H groups in total. The first-order valence-electron chi connectivity index (χ1n) is 4.41. The Kier molecular flexibility index (Phi) is 5.87. The third-order valence-electron chi connectivity index (χ3n) is 1.81. The van der Waals surface area contributed by atoms with E-state index in [1.807, 2.05) is 0 Å². The van der Waals surface area contributed by atoms with E-state index in [0.29, 0.717) is 0 Å². The number of methoxy groups -OCH3 is 2. The van der Waals surface area contributed by atoms with Gasteiger partial charge in [-0.2, -0.15) is 0 Å². The van der Waals surface area contributed by atoms with Crippen LogP contribution in [0.1, 0.15) is 20.3 Å². The molecule has 5 nitrogen and oxygen atoms in total. The summed E-state index contributed by atoms with van der Waals surface area (Å²) in [6.45, 7) is 3.37. The second kappa shape index (κ2) is 6.37. The van der Waals surface area contributed by atoms with Crippen molar-refractivity contribution in [1.82, 2.24) is 5.32 Å². The van der Waals surface area contributed by atoms with Gasteiger partial charge in [-0.1, -0.05) is 0 Å². The van der Waals surface area contributed by atoms with Gasteiger partial charge >= 0.3 is 5.97 Å². The van der Waals surface area contributed by atoms with E-state index in [1.165, 1.54) is 14.2 Å². The normalized spacial score (nSPS) is 14.3. The van der Waals surface area contributed by atoms with E-state index in [1.54, 1.807) is 13.8 Å². The van der Waals surface area contributed by atoms with Gasteiger partial charge in [-0.3, -0.25) is 9.59 Å². The highest BCUT2D eigenvalue weighted by molar-refractivity contribution is 5.81. The quantitative estimate of drug-likeness (QED) is 0.643. The molecule has 0 saturated carbocycles. The van der Waals surface area contributed by atoms with Gasteiger partial charge in [0, 0.05) is 13.2 Å². The molecule has 0 aromatic rings. The number of rotatable bonds is 5. The minimum atomic E-state index is -0.505. The van der Waals surface area contributed by atoms with Crippen molar-refractivity contribution in [2.75, 3.05) is 14.2 Å². The van der Waals surface area contributed by atoms with Gasteiger partial charge in [0.2, 0.25) is 5.91 Å². The van der Waals surface area contributed by atoms with Gasteiger partial charge in [0.05, 0.1) is 13.5 Å². The molecule has 0 aromatic carbocycles. The molecular weight excluding hydrogens is 186 g/mol. The van der Waals surface area contributed by atoms with E-state index < -0.39 is 6.10 Å². The minimum absolute atomic E-state index is 0.165. The van der Waals surface area contributed by atoms with Crippen molar-refractivity contribution < 1.29 is 19.1 Å². The Morgan fingerprint density at radius 1 is 1.29 bits per heavy atom. The lowest BCUT2D eigenvalue weighted by Gasteiger charge is -2.15. The third-order valence-corrected chi connectivity index (χ3v) is 1.81. The van der Waals surface area contributed by atoms with Crippen LogP contribution in [0, 0.1) is 0 Å². The third kappa shape index (κ3) is 4.81. The summed E-state index contributed by atoms with van der Waals surface area (Å²) < 4.78 is 9.28. The van der Waals surface area contributed by atoms with Crippen LogP contribution >= 0.6 is 0 Å². The highest BCUT2D eigenvalue weighted by atomic mass is 16.5. The van der Waals surface area contributed by atoms with E-state index >= 15 is 0 Å². The molecule has 0 rings (SSSR count). The minimum Gasteiger partial charge on any atom is -0.469 e. The van der Waals surface area contributed by atoms with Crippen LogP contribution in [0.3, 0.4) is 0 Å². The van der Waals surface area contributed by atoms with Gasteiger partial charge in [0.1, 0.15) is 6.10 Å². The van der Waals surface area contributed by atoms with Crippen LogP contribution in [0.15, 0.2) is 0 Å². The maximum Gasteiger partial charge on any atom is 0.307 e. The fourth-order valence-corrected chi connectivity index (χ4v) is 0.852. The highest BCUT2D eigenvalue weighted by Gasteiger charge is 2.16.